The molecular weight excluding hydrogens is 297 g/mol. The average molecular weight is 313 g/mol. The van der Waals surface area contributed by atoms with E-state index in [2.05, 4.69) is 14.9 Å². The van der Waals surface area contributed by atoms with E-state index in [1.807, 2.05) is 0 Å². The van der Waals surface area contributed by atoms with Crippen molar-refractivity contribution < 1.29 is 12.8 Å². The molecule has 2 aromatic rings. The largest absolute Gasteiger partial charge is 0.396 e. The van der Waals surface area contributed by atoms with Gasteiger partial charge in [-0.3, -0.25) is 0 Å². The van der Waals surface area contributed by atoms with Crippen molar-refractivity contribution in [2.45, 2.75) is 18.2 Å². The highest BCUT2D eigenvalue weighted by molar-refractivity contribution is 7.89. The molecule has 0 fully saturated rings. The maximum Gasteiger partial charge on any atom is 0.240 e. The van der Waals surface area contributed by atoms with Gasteiger partial charge in [-0.05, 0) is 24.6 Å². The van der Waals surface area contributed by atoms with Crippen LogP contribution < -0.4 is 10.5 Å². The zero-order chi connectivity index (χ0) is 15.6. The lowest BCUT2D eigenvalue weighted by Crippen LogP contribution is -2.27. The normalized spacial score (nSPS) is 11.8. The van der Waals surface area contributed by atoms with Crippen molar-refractivity contribution in [1.29, 1.82) is 0 Å². The summed E-state index contributed by atoms with van der Waals surface area (Å²) in [5.74, 6) is 0.0265. The second-order valence-electron chi connectivity index (χ2n) is 4.65. The minimum Gasteiger partial charge on any atom is -0.396 e. The number of rotatable bonds is 5. The third-order valence-electron chi connectivity index (χ3n) is 3.03. The van der Waals surface area contributed by atoms with Gasteiger partial charge in [-0.25, -0.2) is 17.5 Å². The first kappa shape index (κ1) is 15.4. The second-order valence-corrected chi connectivity index (χ2v) is 6.38. The first-order valence-electron chi connectivity index (χ1n) is 6.19. The average Bonchev–Trinajstić information content (AvgIpc) is 2.79. The van der Waals surface area contributed by atoms with Crippen molar-refractivity contribution in [2.24, 2.45) is 7.05 Å². The minimum atomic E-state index is -3.75. The van der Waals surface area contributed by atoms with Crippen LogP contribution in [-0.4, -0.2) is 29.7 Å². The number of nitrogen functional groups attached to an aromatic ring is 1. The van der Waals surface area contributed by atoms with Gasteiger partial charge >= 0.3 is 0 Å². The summed E-state index contributed by atoms with van der Waals surface area (Å²) in [7, 11) is -1.98. The highest BCUT2D eigenvalue weighted by Gasteiger charge is 2.18. The fraction of sp³-hybridized carbons (Fsp3) is 0.333. The van der Waals surface area contributed by atoms with Crippen molar-refractivity contribution >= 4 is 15.7 Å². The Hall–Kier alpha value is -2.00. The van der Waals surface area contributed by atoms with Crippen LogP contribution in [0.15, 0.2) is 23.4 Å². The Labute approximate surface area is 122 Å². The SMILES string of the molecule is Cc1cc(F)c(N)cc1S(=O)(=O)NCCc1nncn1C. The Bertz CT molecular complexity index is 757. The van der Waals surface area contributed by atoms with E-state index in [-0.39, 0.29) is 17.1 Å². The predicted molar refractivity (Wildman–Crippen MR) is 75.4 cm³/mol. The number of nitrogens with two attached hydrogens (primary N) is 1. The van der Waals surface area contributed by atoms with Crippen LogP contribution in [0.3, 0.4) is 0 Å². The highest BCUT2D eigenvalue weighted by atomic mass is 32.2. The number of aromatic nitrogens is 3. The van der Waals surface area contributed by atoms with Crippen molar-refractivity contribution in [2.75, 3.05) is 12.3 Å². The van der Waals surface area contributed by atoms with E-state index in [0.717, 1.165) is 12.1 Å². The molecule has 1 aromatic heterocycles. The summed E-state index contributed by atoms with van der Waals surface area (Å²) < 4.78 is 41.8. The van der Waals surface area contributed by atoms with Crippen LogP contribution in [0.4, 0.5) is 10.1 Å². The molecule has 0 saturated heterocycles. The smallest absolute Gasteiger partial charge is 0.240 e. The number of hydrogen-bond donors (Lipinski definition) is 2. The Morgan fingerprint density at radius 1 is 1.43 bits per heavy atom. The Morgan fingerprint density at radius 2 is 2.14 bits per heavy atom. The lowest BCUT2D eigenvalue weighted by molar-refractivity contribution is 0.578. The van der Waals surface area contributed by atoms with Crippen LogP contribution in [0.5, 0.6) is 0 Å². The number of aryl methyl sites for hydroxylation is 2. The molecule has 0 saturated carbocycles. The van der Waals surface area contributed by atoms with Crippen molar-refractivity contribution in [1.82, 2.24) is 19.5 Å². The molecule has 0 spiro atoms. The number of hydrogen-bond acceptors (Lipinski definition) is 5. The van der Waals surface area contributed by atoms with Gasteiger partial charge in [-0.1, -0.05) is 0 Å². The Balaban J connectivity index is 2.12. The molecular formula is C12H16FN5O2S. The summed E-state index contributed by atoms with van der Waals surface area (Å²) >= 11 is 0. The molecule has 1 aromatic carbocycles. The molecule has 1 heterocycles. The molecule has 0 unspecified atom stereocenters. The molecule has 0 radical (unpaired) electrons. The summed E-state index contributed by atoms with van der Waals surface area (Å²) in [6.45, 7) is 1.67. The summed E-state index contributed by atoms with van der Waals surface area (Å²) in [4.78, 5) is -0.0284. The Morgan fingerprint density at radius 3 is 2.76 bits per heavy atom. The van der Waals surface area contributed by atoms with Crippen LogP contribution in [-0.2, 0) is 23.5 Å². The summed E-state index contributed by atoms with van der Waals surface area (Å²) in [5.41, 5.74) is 5.52. The maximum absolute atomic E-state index is 13.3. The van der Waals surface area contributed by atoms with Crippen LogP contribution in [0.1, 0.15) is 11.4 Å². The van der Waals surface area contributed by atoms with Gasteiger partial charge in [0.05, 0.1) is 10.6 Å². The molecule has 3 N–H and O–H groups in total. The molecule has 2 rings (SSSR count). The number of nitrogens with zero attached hydrogens (tertiary/aromatic N) is 3. The topological polar surface area (TPSA) is 103 Å². The molecule has 0 aliphatic heterocycles. The maximum atomic E-state index is 13.3. The Kier molecular flexibility index (Phi) is 4.24. The van der Waals surface area contributed by atoms with E-state index >= 15 is 0 Å². The van der Waals surface area contributed by atoms with Crippen LogP contribution in [0.2, 0.25) is 0 Å². The van der Waals surface area contributed by atoms with Crippen LogP contribution in [0, 0.1) is 12.7 Å². The van der Waals surface area contributed by atoms with Gasteiger partial charge in [-0.15, -0.1) is 10.2 Å². The van der Waals surface area contributed by atoms with Gasteiger partial charge in [-0.2, -0.15) is 0 Å². The summed E-state index contributed by atoms with van der Waals surface area (Å²) in [5, 5.41) is 7.57. The van der Waals surface area contributed by atoms with Crippen LogP contribution >= 0.6 is 0 Å². The zero-order valence-electron chi connectivity index (χ0n) is 11.7. The molecule has 7 nitrogen and oxygen atoms in total. The quantitative estimate of drug-likeness (QED) is 0.776. The second kappa shape index (κ2) is 5.78. The van der Waals surface area contributed by atoms with Gasteiger partial charge in [0.2, 0.25) is 10.0 Å². The third-order valence-corrected chi connectivity index (χ3v) is 4.63. The zero-order valence-corrected chi connectivity index (χ0v) is 12.5. The summed E-state index contributed by atoms with van der Waals surface area (Å²) in [6, 6.07) is 2.22. The van der Waals surface area contributed by atoms with Crippen molar-refractivity contribution in [3.8, 4) is 0 Å². The van der Waals surface area contributed by atoms with Crippen molar-refractivity contribution in [3.63, 3.8) is 0 Å². The first-order chi connectivity index (χ1) is 9.81. The molecule has 0 atom stereocenters. The third kappa shape index (κ3) is 3.37. The van der Waals surface area contributed by atoms with Gasteiger partial charge in [0.15, 0.2) is 0 Å². The fourth-order valence-corrected chi connectivity index (χ4v) is 3.16. The standard InChI is InChI=1S/C12H16FN5O2S/c1-8-5-9(13)10(14)6-11(8)21(19,20)16-4-3-12-17-15-7-18(12)2/h5-7,16H,3-4,14H2,1-2H3. The minimum absolute atomic E-state index is 0.0284. The highest BCUT2D eigenvalue weighted by Crippen LogP contribution is 2.21. The molecule has 0 aliphatic rings. The van der Waals surface area contributed by atoms with E-state index in [0.29, 0.717) is 17.8 Å². The fourth-order valence-electron chi connectivity index (χ4n) is 1.87. The first-order valence-corrected chi connectivity index (χ1v) is 7.68. The number of benzene rings is 1. The molecule has 114 valence electrons. The monoisotopic (exact) mass is 313 g/mol. The number of sulfonamides is 1. The van der Waals surface area contributed by atoms with E-state index in [4.69, 9.17) is 5.73 Å². The number of halogens is 1. The van der Waals surface area contributed by atoms with Gasteiger partial charge in [0.1, 0.15) is 18.0 Å². The summed E-state index contributed by atoms with van der Waals surface area (Å²) in [6.07, 6.45) is 1.93. The predicted octanol–water partition coefficient (Wildman–Crippen LogP) is 0.366. The van der Waals surface area contributed by atoms with Gasteiger partial charge in [0, 0.05) is 20.0 Å². The van der Waals surface area contributed by atoms with E-state index in [1.165, 1.54) is 13.3 Å². The molecule has 21 heavy (non-hydrogen) atoms. The molecule has 0 bridgehead atoms. The molecule has 0 aliphatic carbocycles. The molecule has 0 amide bonds. The number of anilines is 1. The van der Waals surface area contributed by atoms with E-state index in [9.17, 15) is 12.8 Å². The van der Waals surface area contributed by atoms with Crippen LogP contribution in [0.25, 0.3) is 0 Å². The van der Waals surface area contributed by atoms with Gasteiger partial charge in [0.25, 0.3) is 0 Å². The lowest BCUT2D eigenvalue weighted by Gasteiger charge is -2.10. The van der Waals surface area contributed by atoms with Crippen molar-refractivity contribution in [3.05, 3.63) is 35.7 Å². The van der Waals surface area contributed by atoms with Gasteiger partial charge < -0.3 is 10.3 Å². The van der Waals surface area contributed by atoms with E-state index in [1.54, 1.807) is 11.6 Å². The molecule has 9 heteroatoms. The van der Waals surface area contributed by atoms with E-state index < -0.39 is 15.8 Å². The number of nitrogens with one attached hydrogen (secondary N) is 1. The lowest BCUT2D eigenvalue weighted by atomic mass is 10.2.